The number of nitrogens with zero attached hydrogens (tertiary/aromatic N) is 1. The second-order valence-electron chi connectivity index (χ2n) is 6.47. The lowest BCUT2D eigenvalue weighted by Crippen LogP contribution is -2.34. The number of furan rings is 1. The van der Waals surface area contributed by atoms with Gasteiger partial charge >= 0.3 is 0 Å². The van der Waals surface area contributed by atoms with E-state index in [2.05, 4.69) is 22.0 Å². The molecule has 3 aromatic rings. The molecule has 0 saturated heterocycles. The Balaban J connectivity index is 1.57. The second-order valence-corrected chi connectivity index (χ2v) is 7.39. The zero-order valence-corrected chi connectivity index (χ0v) is 15.9. The first kappa shape index (κ1) is 16.9. The molecule has 1 amide bonds. The van der Waals surface area contributed by atoms with Crippen molar-refractivity contribution >= 4 is 38.4 Å². The maximum absolute atomic E-state index is 12.9. The maximum atomic E-state index is 12.9. The topological polar surface area (TPSA) is 53.7 Å². The van der Waals surface area contributed by atoms with E-state index >= 15 is 0 Å². The Hall–Kier alpha value is -2.53. The van der Waals surface area contributed by atoms with Gasteiger partial charge in [0.05, 0.1) is 0 Å². The van der Waals surface area contributed by atoms with E-state index in [1.807, 2.05) is 42.2 Å². The van der Waals surface area contributed by atoms with Crippen LogP contribution in [0.1, 0.15) is 28.1 Å². The molecule has 0 radical (unpaired) electrons. The third-order valence-electron chi connectivity index (χ3n) is 4.83. The number of carbonyl (C=O) groups excluding carboxylic acids is 1. The van der Waals surface area contributed by atoms with Crippen LogP contribution in [0, 0.1) is 6.92 Å². The number of amides is 1. The van der Waals surface area contributed by atoms with Gasteiger partial charge in [0.25, 0.3) is 5.91 Å². The molecule has 0 fully saturated rings. The van der Waals surface area contributed by atoms with Crippen LogP contribution in [0.15, 0.2) is 57.4 Å². The fourth-order valence-corrected chi connectivity index (χ4v) is 3.69. The van der Waals surface area contributed by atoms with Crippen molar-refractivity contribution in [3.05, 3.63) is 69.9 Å². The van der Waals surface area contributed by atoms with Crippen molar-refractivity contribution in [3.63, 3.8) is 0 Å². The van der Waals surface area contributed by atoms with Crippen molar-refractivity contribution in [3.8, 4) is 5.75 Å². The Morgan fingerprint density at radius 1 is 1.19 bits per heavy atom. The van der Waals surface area contributed by atoms with E-state index in [1.165, 1.54) is 5.57 Å². The van der Waals surface area contributed by atoms with E-state index in [0.29, 0.717) is 18.8 Å². The third-order valence-corrected chi connectivity index (χ3v) is 5.32. The van der Waals surface area contributed by atoms with E-state index in [0.717, 1.165) is 33.0 Å². The van der Waals surface area contributed by atoms with Gasteiger partial charge < -0.3 is 14.4 Å². The van der Waals surface area contributed by atoms with Crippen LogP contribution in [-0.4, -0.2) is 29.0 Å². The van der Waals surface area contributed by atoms with E-state index in [9.17, 15) is 9.90 Å². The number of rotatable bonds is 2. The monoisotopic (exact) mass is 411 g/mol. The predicted molar refractivity (Wildman–Crippen MR) is 105 cm³/mol. The molecule has 1 aliphatic heterocycles. The summed E-state index contributed by atoms with van der Waals surface area (Å²) in [6.07, 6.45) is 2.85. The van der Waals surface area contributed by atoms with Crippen LogP contribution in [0.25, 0.3) is 16.5 Å². The summed E-state index contributed by atoms with van der Waals surface area (Å²) in [7, 11) is 0. The van der Waals surface area contributed by atoms with Crippen molar-refractivity contribution in [2.75, 3.05) is 13.1 Å². The van der Waals surface area contributed by atoms with Gasteiger partial charge in [-0.05, 0) is 54.8 Å². The summed E-state index contributed by atoms with van der Waals surface area (Å²) in [5.74, 6) is 0.601. The normalized spacial score (nSPS) is 14.5. The number of phenols is 1. The van der Waals surface area contributed by atoms with Gasteiger partial charge in [-0.15, -0.1) is 0 Å². The zero-order chi connectivity index (χ0) is 18.3. The molecule has 0 spiro atoms. The molecule has 132 valence electrons. The number of fused-ring (bicyclic) bond motifs is 1. The standard InChI is InChI=1S/C21H18BrNO3/c1-13-18-12-16(22)4-7-19(18)26-20(13)21(25)23-10-8-15(9-11-23)14-2-5-17(24)6-3-14/h2-8,12,24H,9-11H2,1H3. The molecule has 0 aliphatic carbocycles. The smallest absolute Gasteiger partial charge is 0.290 e. The minimum absolute atomic E-state index is 0.0733. The van der Waals surface area contributed by atoms with Gasteiger partial charge in [0.1, 0.15) is 11.3 Å². The number of phenolic OH excluding ortho intramolecular Hbond substituents is 1. The number of hydrogen-bond donors (Lipinski definition) is 1. The van der Waals surface area contributed by atoms with Crippen LogP contribution >= 0.6 is 15.9 Å². The number of aromatic hydroxyl groups is 1. The summed E-state index contributed by atoms with van der Waals surface area (Å²) in [5, 5.41) is 10.4. The highest BCUT2D eigenvalue weighted by molar-refractivity contribution is 9.10. The van der Waals surface area contributed by atoms with Crippen molar-refractivity contribution in [1.29, 1.82) is 0 Å². The molecule has 1 aromatic heterocycles. The SMILES string of the molecule is Cc1c(C(=O)N2CC=C(c3ccc(O)cc3)CC2)oc2ccc(Br)cc12. The molecular weight excluding hydrogens is 394 g/mol. The lowest BCUT2D eigenvalue weighted by Gasteiger charge is -2.26. The minimum Gasteiger partial charge on any atom is -0.508 e. The fourth-order valence-electron chi connectivity index (χ4n) is 3.33. The van der Waals surface area contributed by atoms with Crippen molar-refractivity contribution < 1.29 is 14.3 Å². The lowest BCUT2D eigenvalue weighted by atomic mass is 9.99. The molecule has 0 bridgehead atoms. The fraction of sp³-hybridized carbons (Fsp3) is 0.190. The molecule has 5 heteroatoms. The molecule has 4 nitrogen and oxygen atoms in total. The van der Waals surface area contributed by atoms with Gasteiger partial charge in [0.2, 0.25) is 0 Å². The molecule has 26 heavy (non-hydrogen) atoms. The lowest BCUT2D eigenvalue weighted by molar-refractivity contribution is 0.0742. The average Bonchev–Trinajstić information content (AvgIpc) is 2.98. The summed E-state index contributed by atoms with van der Waals surface area (Å²) < 4.78 is 6.80. The quantitative estimate of drug-likeness (QED) is 0.634. The van der Waals surface area contributed by atoms with Crippen LogP contribution in [-0.2, 0) is 0 Å². The third kappa shape index (κ3) is 3.03. The Morgan fingerprint density at radius 3 is 2.65 bits per heavy atom. The van der Waals surface area contributed by atoms with E-state index in [1.54, 1.807) is 12.1 Å². The number of carbonyl (C=O) groups is 1. The van der Waals surface area contributed by atoms with E-state index in [-0.39, 0.29) is 11.7 Å². The van der Waals surface area contributed by atoms with Gasteiger partial charge in [0, 0.05) is 28.5 Å². The average molecular weight is 412 g/mol. The highest BCUT2D eigenvalue weighted by atomic mass is 79.9. The molecule has 0 saturated carbocycles. The number of aryl methyl sites for hydroxylation is 1. The summed E-state index contributed by atoms with van der Waals surface area (Å²) in [5.41, 5.74) is 3.88. The van der Waals surface area contributed by atoms with Crippen molar-refractivity contribution in [1.82, 2.24) is 4.90 Å². The molecule has 1 aliphatic rings. The molecule has 0 unspecified atom stereocenters. The Morgan fingerprint density at radius 2 is 1.96 bits per heavy atom. The van der Waals surface area contributed by atoms with Crippen LogP contribution in [0.5, 0.6) is 5.75 Å². The molecule has 0 atom stereocenters. The maximum Gasteiger partial charge on any atom is 0.290 e. The zero-order valence-electron chi connectivity index (χ0n) is 14.3. The number of halogens is 1. The number of benzene rings is 2. The first-order valence-electron chi connectivity index (χ1n) is 8.49. The minimum atomic E-state index is -0.0733. The Kier molecular flexibility index (Phi) is 4.32. The summed E-state index contributed by atoms with van der Waals surface area (Å²) >= 11 is 3.46. The van der Waals surface area contributed by atoms with Gasteiger partial charge in [0.15, 0.2) is 5.76 Å². The van der Waals surface area contributed by atoms with Crippen LogP contribution < -0.4 is 0 Å². The van der Waals surface area contributed by atoms with E-state index in [4.69, 9.17) is 4.42 Å². The van der Waals surface area contributed by atoms with Crippen LogP contribution in [0.2, 0.25) is 0 Å². The number of hydrogen-bond acceptors (Lipinski definition) is 3. The molecule has 4 rings (SSSR count). The van der Waals surface area contributed by atoms with E-state index < -0.39 is 0 Å². The van der Waals surface area contributed by atoms with Gasteiger partial charge in [-0.25, -0.2) is 0 Å². The van der Waals surface area contributed by atoms with Crippen LogP contribution in [0.3, 0.4) is 0 Å². The largest absolute Gasteiger partial charge is 0.508 e. The molecule has 2 aromatic carbocycles. The molecule has 2 heterocycles. The van der Waals surface area contributed by atoms with Crippen molar-refractivity contribution in [2.24, 2.45) is 0 Å². The first-order chi connectivity index (χ1) is 12.5. The molecular formula is C21H18BrNO3. The van der Waals surface area contributed by atoms with Gasteiger partial charge in [-0.3, -0.25) is 4.79 Å². The molecule has 1 N–H and O–H groups in total. The predicted octanol–water partition coefficient (Wildman–Crippen LogP) is 5.14. The second kappa shape index (κ2) is 6.65. The van der Waals surface area contributed by atoms with Crippen LogP contribution in [0.4, 0.5) is 0 Å². The Labute approximate surface area is 159 Å². The first-order valence-corrected chi connectivity index (χ1v) is 9.28. The summed E-state index contributed by atoms with van der Waals surface area (Å²) in [6.45, 7) is 3.12. The Bertz CT molecular complexity index is 1020. The highest BCUT2D eigenvalue weighted by Crippen LogP contribution is 2.30. The van der Waals surface area contributed by atoms with Crippen molar-refractivity contribution in [2.45, 2.75) is 13.3 Å². The van der Waals surface area contributed by atoms with Gasteiger partial charge in [-0.1, -0.05) is 34.1 Å². The van der Waals surface area contributed by atoms with Gasteiger partial charge in [-0.2, -0.15) is 0 Å². The summed E-state index contributed by atoms with van der Waals surface area (Å²) in [6, 6.07) is 12.9. The highest BCUT2D eigenvalue weighted by Gasteiger charge is 2.25. The summed E-state index contributed by atoms with van der Waals surface area (Å²) in [4.78, 5) is 14.7.